The predicted molar refractivity (Wildman–Crippen MR) is 71.0 cm³/mol. The van der Waals surface area contributed by atoms with Gasteiger partial charge in [-0.1, -0.05) is 19.1 Å². The first kappa shape index (κ1) is 13.5. The SMILES string of the molecule is CC(CN(C)C)C(=O)c1ccc2c(c1)ONC(=O)C2. The summed E-state index contributed by atoms with van der Waals surface area (Å²) in [5.41, 5.74) is 3.73. The number of rotatable bonds is 4. The van der Waals surface area contributed by atoms with Crippen molar-refractivity contribution in [2.75, 3.05) is 20.6 Å². The first-order valence-electron chi connectivity index (χ1n) is 6.25. The molecule has 0 radical (unpaired) electrons. The monoisotopic (exact) mass is 262 g/mol. The molecule has 2 rings (SSSR count). The average molecular weight is 262 g/mol. The molecule has 102 valence electrons. The number of hydrogen-bond acceptors (Lipinski definition) is 4. The molecule has 1 amide bonds. The van der Waals surface area contributed by atoms with E-state index in [1.54, 1.807) is 18.2 Å². The van der Waals surface area contributed by atoms with Crippen LogP contribution < -0.4 is 10.3 Å². The largest absolute Gasteiger partial charge is 0.379 e. The van der Waals surface area contributed by atoms with Crippen molar-refractivity contribution in [3.8, 4) is 5.75 Å². The molecule has 19 heavy (non-hydrogen) atoms. The molecule has 0 spiro atoms. The molecule has 1 N–H and O–H groups in total. The van der Waals surface area contributed by atoms with Gasteiger partial charge in [0.25, 0.3) is 5.91 Å². The second-order valence-corrected chi connectivity index (χ2v) is 5.15. The lowest BCUT2D eigenvalue weighted by Gasteiger charge is -2.19. The van der Waals surface area contributed by atoms with Crippen molar-refractivity contribution in [2.45, 2.75) is 13.3 Å². The number of carbonyl (C=O) groups excluding carboxylic acids is 2. The molecule has 1 unspecified atom stereocenters. The maximum Gasteiger partial charge on any atom is 0.257 e. The van der Waals surface area contributed by atoms with E-state index in [0.29, 0.717) is 17.9 Å². The third kappa shape index (κ3) is 3.12. The molecule has 1 aromatic carbocycles. The minimum Gasteiger partial charge on any atom is -0.379 e. The molecule has 0 fully saturated rings. The van der Waals surface area contributed by atoms with Gasteiger partial charge in [0.2, 0.25) is 0 Å². The molecule has 1 heterocycles. The molecule has 0 saturated carbocycles. The predicted octanol–water partition coefficient (Wildman–Crippen LogP) is 1.03. The fourth-order valence-electron chi connectivity index (χ4n) is 2.18. The number of hydrogen-bond donors (Lipinski definition) is 1. The summed E-state index contributed by atoms with van der Waals surface area (Å²) >= 11 is 0. The van der Waals surface area contributed by atoms with Gasteiger partial charge in [-0.05, 0) is 20.2 Å². The Balaban J connectivity index is 2.18. The lowest BCUT2D eigenvalue weighted by molar-refractivity contribution is -0.128. The minimum atomic E-state index is -0.174. The lowest BCUT2D eigenvalue weighted by Crippen LogP contribution is -2.33. The first-order valence-corrected chi connectivity index (χ1v) is 6.25. The molecular weight excluding hydrogens is 244 g/mol. The van der Waals surface area contributed by atoms with Crippen molar-refractivity contribution < 1.29 is 14.4 Å². The number of nitrogens with one attached hydrogen (secondary N) is 1. The van der Waals surface area contributed by atoms with Gasteiger partial charge < -0.3 is 9.74 Å². The molecule has 0 aromatic heterocycles. The van der Waals surface area contributed by atoms with E-state index in [1.165, 1.54) is 0 Å². The highest BCUT2D eigenvalue weighted by atomic mass is 16.7. The summed E-state index contributed by atoms with van der Waals surface area (Å²) in [5, 5.41) is 0. The van der Waals surface area contributed by atoms with E-state index in [4.69, 9.17) is 4.84 Å². The quantitative estimate of drug-likeness (QED) is 0.823. The highest BCUT2D eigenvalue weighted by Crippen LogP contribution is 2.24. The molecular formula is C14H18N2O3. The maximum atomic E-state index is 12.3. The summed E-state index contributed by atoms with van der Waals surface area (Å²) in [4.78, 5) is 30.5. The summed E-state index contributed by atoms with van der Waals surface area (Å²) in [6, 6.07) is 5.24. The lowest BCUT2D eigenvalue weighted by atomic mass is 9.96. The third-order valence-electron chi connectivity index (χ3n) is 3.06. The van der Waals surface area contributed by atoms with Crippen LogP contribution in [0.15, 0.2) is 18.2 Å². The van der Waals surface area contributed by atoms with Crippen LogP contribution in [0.1, 0.15) is 22.8 Å². The topological polar surface area (TPSA) is 58.6 Å². The normalized spacial score (nSPS) is 15.5. The van der Waals surface area contributed by atoms with Gasteiger partial charge in [-0.15, -0.1) is 0 Å². The van der Waals surface area contributed by atoms with Crippen LogP contribution in [0.5, 0.6) is 5.75 Å². The molecule has 1 atom stereocenters. The Morgan fingerprint density at radius 1 is 1.47 bits per heavy atom. The smallest absolute Gasteiger partial charge is 0.257 e. The highest BCUT2D eigenvalue weighted by molar-refractivity contribution is 5.98. The van der Waals surface area contributed by atoms with Crippen molar-refractivity contribution in [3.63, 3.8) is 0 Å². The second-order valence-electron chi connectivity index (χ2n) is 5.15. The van der Waals surface area contributed by atoms with Crippen LogP contribution in [0.3, 0.4) is 0 Å². The van der Waals surface area contributed by atoms with E-state index in [0.717, 1.165) is 5.56 Å². The molecule has 1 aromatic rings. The fourth-order valence-corrected chi connectivity index (χ4v) is 2.18. The number of nitrogens with zero attached hydrogens (tertiary/aromatic N) is 1. The van der Waals surface area contributed by atoms with Crippen molar-refractivity contribution >= 4 is 11.7 Å². The summed E-state index contributed by atoms with van der Waals surface area (Å²) in [6.45, 7) is 2.61. The molecule has 0 bridgehead atoms. The molecule has 5 nitrogen and oxygen atoms in total. The molecule has 0 aliphatic carbocycles. The highest BCUT2D eigenvalue weighted by Gasteiger charge is 2.21. The van der Waals surface area contributed by atoms with Crippen LogP contribution in [0.4, 0.5) is 0 Å². The van der Waals surface area contributed by atoms with E-state index in [-0.39, 0.29) is 24.0 Å². The van der Waals surface area contributed by atoms with Crippen LogP contribution >= 0.6 is 0 Å². The number of benzene rings is 1. The Morgan fingerprint density at radius 3 is 2.89 bits per heavy atom. The van der Waals surface area contributed by atoms with E-state index in [1.807, 2.05) is 25.9 Å². The Labute approximate surface area is 112 Å². The van der Waals surface area contributed by atoms with Crippen LogP contribution in [0.25, 0.3) is 0 Å². The Kier molecular flexibility index (Phi) is 3.85. The number of hydroxylamine groups is 1. The van der Waals surface area contributed by atoms with E-state index in [9.17, 15) is 9.59 Å². The Morgan fingerprint density at radius 2 is 2.21 bits per heavy atom. The number of ketones is 1. The van der Waals surface area contributed by atoms with Crippen LogP contribution in [0.2, 0.25) is 0 Å². The summed E-state index contributed by atoms with van der Waals surface area (Å²) in [5.74, 6) is 0.387. The number of Topliss-reactive ketones (excluding diaryl/α,β-unsaturated/α-hetero) is 1. The zero-order valence-electron chi connectivity index (χ0n) is 11.4. The zero-order valence-corrected chi connectivity index (χ0v) is 11.4. The van der Waals surface area contributed by atoms with Crippen molar-refractivity contribution in [1.82, 2.24) is 10.4 Å². The van der Waals surface area contributed by atoms with Crippen molar-refractivity contribution in [2.24, 2.45) is 5.92 Å². The maximum absolute atomic E-state index is 12.3. The number of amides is 1. The summed E-state index contributed by atoms with van der Waals surface area (Å²) < 4.78 is 0. The molecule has 5 heteroatoms. The van der Waals surface area contributed by atoms with Gasteiger partial charge in [0.15, 0.2) is 11.5 Å². The Bertz CT molecular complexity index is 511. The summed E-state index contributed by atoms with van der Waals surface area (Å²) in [7, 11) is 3.88. The van der Waals surface area contributed by atoms with Crippen molar-refractivity contribution in [3.05, 3.63) is 29.3 Å². The van der Waals surface area contributed by atoms with Gasteiger partial charge in [-0.25, -0.2) is 0 Å². The molecule has 1 aliphatic rings. The van der Waals surface area contributed by atoms with Gasteiger partial charge in [-0.3, -0.25) is 9.59 Å². The van der Waals surface area contributed by atoms with Gasteiger partial charge in [-0.2, -0.15) is 5.48 Å². The van der Waals surface area contributed by atoms with Gasteiger partial charge in [0.05, 0.1) is 6.42 Å². The summed E-state index contributed by atoms with van der Waals surface area (Å²) in [6.07, 6.45) is 0.289. The van der Waals surface area contributed by atoms with Gasteiger partial charge in [0, 0.05) is 23.6 Å². The van der Waals surface area contributed by atoms with Crippen molar-refractivity contribution in [1.29, 1.82) is 0 Å². The minimum absolute atomic E-state index is 0.0776. The van der Waals surface area contributed by atoms with Gasteiger partial charge in [0.1, 0.15) is 0 Å². The van der Waals surface area contributed by atoms with Crippen LogP contribution in [-0.2, 0) is 11.2 Å². The number of carbonyl (C=O) groups is 2. The average Bonchev–Trinajstić information content (AvgIpc) is 2.36. The third-order valence-corrected chi connectivity index (χ3v) is 3.06. The van der Waals surface area contributed by atoms with Gasteiger partial charge >= 0.3 is 0 Å². The van der Waals surface area contributed by atoms with E-state index < -0.39 is 0 Å². The van der Waals surface area contributed by atoms with Crippen LogP contribution in [0, 0.1) is 5.92 Å². The van der Waals surface area contributed by atoms with E-state index >= 15 is 0 Å². The first-order chi connectivity index (χ1) is 8.97. The Hall–Kier alpha value is -1.88. The van der Waals surface area contributed by atoms with E-state index in [2.05, 4.69) is 5.48 Å². The fraction of sp³-hybridized carbons (Fsp3) is 0.429. The standard InChI is InChI=1S/C14H18N2O3/c1-9(8-16(2)3)14(18)11-5-4-10-7-13(17)15-19-12(10)6-11/h4-6,9H,7-8H2,1-3H3,(H,15,17). The number of fused-ring (bicyclic) bond motifs is 1. The molecule has 0 saturated heterocycles. The second kappa shape index (κ2) is 5.40. The molecule has 1 aliphatic heterocycles. The zero-order chi connectivity index (χ0) is 14.0. The van der Waals surface area contributed by atoms with Crippen LogP contribution in [-0.4, -0.2) is 37.2 Å².